The van der Waals surface area contributed by atoms with Gasteiger partial charge in [0, 0.05) is 0 Å². The summed E-state index contributed by atoms with van der Waals surface area (Å²) >= 11 is -0.363. The van der Waals surface area contributed by atoms with Crippen LogP contribution < -0.4 is 0 Å². The molecular weight excluding hydrogens is 184 g/mol. The summed E-state index contributed by atoms with van der Waals surface area (Å²) in [5.74, 6) is 0. The maximum atomic E-state index is 4.34. The van der Waals surface area contributed by atoms with Crippen molar-refractivity contribution in [2.45, 2.75) is 0 Å². The van der Waals surface area contributed by atoms with Crippen LogP contribution in [0.5, 0.6) is 0 Å². The van der Waals surface area contributed by atoms with Crippen LogP contribution in [0, 0.1) is 6.58 Å². The van der Waals surface area contributed by atoms with E-state index in [1.165, 1.54) is 0 Å². The van der Waals surface area contributed by atoms with E-state index in [2.05, 4.69) is 32.8 Å². The first kappa shape index (κ1) is 9.29. The Morgan fingerprint density at radius 1 is 1.40 bits per heavy atom. The van der Waals surface area contributed by atoms with E-state index < -0.39 is 0 Å². The average Bonchev–Trinajstić information content (AvgIpc) is 1.46. The van der Waals surface area contributed by atoms with Crippen molar-refractivity contribution in [2.24, 2.45) is 0 Å². The first-order valence-corrected chi connectivity index (χ1v) is 6.32. The SMILES string of the molecule is [CH-]=C.[S]=[Mo]=[S]. The standard InChI is InChI=1S/C2H3.Mo.2S/c1-2;;;/h1H,2H2;;;/q-1;;;. The molecule has 0 aromatic rings. The Morgan fingerprint density at radius 2 is 1.40 bits per heavy atom. The fourth-order valence-corrected chi connectivity index (χ4v) is 0. The Bertz CT molecular complexity index is 36.9. The van der Waals surface area contributed by atoms with Gasteiger partial charge >= 0.3 is 34.6 Å². The van der Waals surface area contributed by atoms with Crippen molar-refractivity contribution in [1.29, 1.82) is 0 Å². The third-order valence-corrected chi connectivity index (χ3v) is 0. The first-order valence-electron chi connectivity index (χ1n) is 0.742. The number of rotatable bonds is 0. The molecule has 0 saturated heterocycles. The van der Waals surface area contributed by atoms with Crippen molar-refractivity contribution in [3.63, 3.8) is 0 Å². The molecule has 0 bridgehead atoms. The van der Waals surface area contributed by atoms with Crippen LogP contribution >= 0.6 is 19.6 Å². The molecule has 0 atom stereocenters. The van der Waals surface area contributed by atoms with Crippen LogP contribution in [0.3, 0.4) is 0 Å². The Morgan fingerprint density at radius 3 is 1.40 bits per heavy atom. The minimum atomic E-state index is -0.363. The molecule has 0 heterocycles. The van der Waals surface area contributed by atoms with Gasteiger partial charge in [0.2, 0.25) is 0 Å². The Labute approximate surface area is 47.7 Å². The molecule has 0 aliphatic carbocycles. The number of hydrogen-bond donors (Lipinski definition) is 0. The van der Waals surface area contributed by atoms with Crippen LogP contribution in [-0.2, 0) is 14.9 Å². The van der Waals surface area contributed by atoms with E-state index in [-0.39, 0.29) is 14.9 Å². The van der Waals surface area contributed by atoms with Gasteiger partial charge in [-0.25, -0.2) is 0 Å². The van der Waals surface area contributed by atoms with Gasteiger partial charge < -0.3 is 6.58 Å². The maximum absolute atomic E-state index is 4.34. The van der Waals surface area contributed by atoms with Crippen LogP contribution in [0.2, 0.25) is 0 Å². The minimum absolute atomic E-state index is 0.363. The zero-order valence-corrected chi connectivity index (χ0v) is 6.15. The Kier molecular flexibility index (Phi) is 38.8. The fraction of sp³-hybridized carbons (Fsp3) is 0. The monoisotopic (exact) mass is 189 g/mol. The van der Waals surface area contributed by atoms with E-state index in [9.17, 15) is 0 Å². The molecule has 30 valence electrons. The Hall–Kier alpha value is 0.868. The molecule has 0 N–H and O–H groups in total. The van der Waals surface area contributed by atoms with Gasteiger partial charge in [0.25, 0.3) is 0 Å². The van der Waals surface area contributed by atoms with Gasteiger partial charge in [0.05, 0.1) is 0 Å². The summed E-state index contributed by atoms with van der Waals surface area (Å²) in [6.07, 6.45) is 0. The molecule has 0 fully saturated rings. The van der Waals surface area contributed by atoms with Crippen molar-refractivity contribution in [2.75, 3.05) is 0 Å². The van der Waals surface area contributed by atoms with Gasteiger partial charge in [0.15, 0.2) is 0 Å². The van der Waals surface area contributed by atoms with Gasteiger partial charge in [-0.1, -0.05) is 0 Å². The molecule has 0 aromatic carbocycles. The summed E-state index contributed by atoms with van der Waals surface area (Å²) < 4.78 is 0. The summed E-state index contributed by atoms with van der Waals surface area (Å²) in [6.45, 7) is 7.00. The molecule has 3 heteroatoms. The fourth-order valence-electron chi connectivity index (χ4n) is 0. The van der Waals surface area contributed by atoms with Gasteiger partial charge in [-0.05, 0) is 0 Å². The summed E-state index contributed by atoms with van der Waals surface area (Å²) in [6, 6.07) is 0. The third kappa shape index (κ3) is 53.1. The second-order valence-corrected chi connectivity index (χ2v) is 3.62. The van der Waals surface area contributed by atoms with Crippen molar-refractivity contribution >= 4 is 19.6 Å². The van der Waals surface area contributed by atoms with E-state index in [0.29, 0.717) is 0 Å². The van der Waals surface area contributed by atoms with E-state index in [0.717, 1.165) is 0 Å². The van der Waals surface area contributed by atoms with Crippen LogP contribution in [0.15, 0.2) is 6.58 Å². The summed E-state index contributed by atoms with van der Waals surface area (Å²) in [5, 5.41) is 0. The predicted molar refractivity (Wildman–Crippen MR) is 25.1 cm³/mol. The van der Waals surface area contributed by atoms with Crippen molar-refractivity contribution in [3.05, 3.63) is 13.2 Å². The molecule has 5 heavy (non-hydrogen) atoms. The molecule has 0 rings (SSSR count). The Balaban J connectivity index is 0. The zero-order chi connectivity index (χ0) is 4.71. The third-order valence-electron chi connectivity index (χ3n) is 0. The van der Waals surface area contributed by atoms with Crippen molar-refractivity contribution in [1.82, 2.24) is 0 Å². The second kappa shape index (κ2) is 20.9. The summed E-state index contributed by atoms with van der Waals surface area (Å²) in [7, 11) is 8.68. The average molecular weight is 187 g/mol. The molecule has 0 radical (unpaired) electrons. The normalized spacial score (nSPS) is 3.20. The van der Waals surface area contributed by atoms with Crippen LogP contribution in [0.25, 0.3) is 0 Å². The predicted octanol–water partition coefficient (Wildman–Crippen LogP) is 1.90. The van der Waals surface area contributed by atoms with Gasteiger partial charge in [0.1, 0.15) is 0 Å². The van der Waals surface area contributed by atoms with Crippen LogP contribution in [0.1, 0.15) is 0 Å². The molecule has 0 saturated carbocycles. The molecule has 0 spiro atoms. The number of hydrogen-bond acceptors (Lipinski definition) is 2. The quantitative estimate of drug-likeness (QED) is 0.419. The van der Waals surface area contributed by atoms with E-state index in [1.54, 1.807) is 0 Å². The summed E-state index contributed by atoms with van der Waals surface area (Å²) in [5.41, 5.74) is 0. The topological polar surface area (TPSA) is 0 Å². The van der Waals surface area contributed by atoms with E-state index >= 15 is 0 Å². The molecular formula is C2H3MoS2-. The molecule has 0 amide bonds. The second-order valence-electron chi connectivity index (χ2n) is 0.0680. The van der Waals surface area contributed by atoms with Gasteiger partial charge in [-0.2, -0.15) is 0 Å². The van der Waals surface area contributed by atoms with E-state index in [4.69, 9.17) is 0 Å². The molecule has 0 aliphatic heterocycles. The van der Waals surface area contributed by atoms with Gasteiger partial charge in [-0.3, -0.25) is 6.58 Å². The molecule has 0 aliphatic rings. The van der Waals surface area contributed by atoms with Crippen molar-refractivity contribution in [3.8, 4) is 0 Å². The van der Waals surface area contributed by atoms with Crippen LogP contribution in [-0.4, -0.2) is 0 Å². The van der Waals surface area contributed by atoms with Gasteiger partial charge in [-0.15, -0.1) is 0 Å². The molecule has 0 nitrogen and oxygen atoms in total. The zero-order valence-electron chi connectivity index (χ0n) is 2.51. The van der Waals surface area contributed by atoms with E-state index in [1.807, 2.05) is 0 Å². The molecule has 0 aromatic heterocycles. The molecule has 0 unspecified atom stereocenters. The summed E-state index contributed by atoms with van der Waals surface area (Å²) in [4.78, 5) is 0. The first-order chi connectivity index (χ1) is 2.41. The van der Waals surface area contributed by atoms with Crippen LogP contribution in [0.4, 0.5) is 0 Å². The van der Waals surface area contributed by atoms with Crippen molar-refractivity contribution < 1.29 is 14.9 Å².